The smallest absolute Gasteiger partial charge is 0.323 e. The number of carboxylic acid groups (broad SMARTS) is 1. The average Bonchev–Trinajstić information content (AvgIpc) is 2.96. The van der Waals surface area contributed by atoms with E-state index in [1.54, 1.807) is 4.90 Å². The van der Waals surface area contributed by atoms with Gasteiger partial charge in [-0.3, -0.25) is 10.1 Å². The van der Waals surface area contributed by atoms with Gasteiger partial charge in [0.05, 0.1) is 0 Å². The number of carbonyl (C=O) groups is 2. The van der Waals surface area contributed by atoms with Crippen LogP contribution in [0.1, 0.15) is 19.3 Å². The summed E-state index contributed by atoms with van der Waals surface area (Å²) < 4.78 is 3.55. The predicted octanol–water partition coefficient (Wildman–Crippen LogP) is 0.652. The number of likely N-dealkylation sites (tertiary alicyclic amines) is 1. The molecule has 1 aromatic heterocycles. The summed E-state index contributed by atoms with van der Waals surface area (Å²) in [6.07, 6.45) is 1.61. The van der Waals surface area contributed by atoms with Gasteiger partial charge in [-0.2, -0.15) is 0 Å². The number of aliphatic carboxylic acids is 1. The van der Waals surface area contributed by atoms with Gasteiger partial charge in [0.2, 0.25) is 5.13 Å². The van der Waals surface area contributed by atoms with Crippen molar-refractivity contribution < 1.29 is 14.7 Å². The molecule has 8 nitrogen and oxygen atoms in total. The van der Waals surface area contributed by atoms with Gasteiger partial charge in [0.15, 0.2) is 0 Å². The van der Waals surface area contributed by atoms with E-state index in [9.17, 15) is 9.59 Å². The van der Waals surface area contributed by atoms with Gasteiger partial charge in [0.25, 0.3) is 0 Å². The van der Waals surface area contributed by atoms with E-state index in [-0.39, 0.29) is 18.4 Å². The molecule has 2 rings (SSSR count). The highest BCUT2D eigenvalue weighted by Gasteiger charge is 2.26. The monoisotopic (exact) mass is 271 g/mol. The van der Waals surface area contributed by atoms with Crippen molar-refractivity contribution in [1.82, 2.24) is 19.7 Å². The molecule has 1 saturated heterocycles. The zero-order chi connectivity index (χ0) is 13.0. The normalized spacial score (nSPS) is 18.9. The summed E-state index contributed by atoms with van der Waals surface area (Å²) in [5.74, 6) is -0.530. The van der Waals surface area contributed by atoms with E-state index >= 15 is 0 Å². The van der Waals surface area contributed by atoms with Crippen LogP contribution in [0.15, 0.2) is 0 Å². The highest BCUT2D eigenvalue weighted by Crippen LogP contribution is 2.21. The molecule has 9 heteroatoms. The molecule has 18 heavy (non-hydrogen) atoms. The van der Waals surface area contributed by atoms with E-state index in [1.807, 2.05) is 0 Å². The van der Waals surface area contributed by atoms with Gasteiger partial charge in [-0.15, -0.1) is 0 Å². The molecule has 0 aromatic carbocycles. The van der Waals surface area contributed by atoms with Crippen LogP contribution >= 0.6 is 11.5 Å². The number of rotatable bonds is 4. The number of anilines is 1. The fourth-order valence-electron chi connectivity index (χ4n) is 1.93. The molecule has 1 aliphatic heterocycles. The third kappa shape index (κ3) is 3.36. The van der Waals surface area contributed by atoms with Crippen LogP contribution in [-0.4, -0.2) is 49.9 Å². The number of aromatic nitrogens is 3. The summed E-state index contributed by atoms with van der Waals surface area (Å²) in [5.41, 5.74) is 0. The maximum Gasteiger partial charge on any atom is 0.323 e. The highest BCUT2D eigenvalue weighted by molar-refractivity contribution is 7.09. The number of urea groups is 1. The molecule has 1 aromatic rings. The molecule has 0 spiro atoms. The van der Waals surface area contributed by atoms with Crippen LogP contribution in [0, 0.1) is 5.92 Å². The van der Waals surface area contributed by atoms with E-state index in [0.29, 0.717) is 24.6 Å². The van der Waals surface area contributed by atoms with Crippen LogP contribution in [-0.2, 0) is 4.79 Å². The number of nitrogens with zero attached hydrogens (tertiary/aromatic N) is 4. The Hall–Kier alpha value is -1.77. The van der Waals surface area contributed by atoms with Gasteiger partial charge in [-0.05, 0) is 24.0 Å². The van der Waals surface area contributed by atoms with Crippen LogP contribution in [0.2, 0.25) is 0 Å². The van der Waals surface area contributed by atoms with E-state index in [2.05, 4.69) is 20.1 Å². The Bertz CT molecular complexity index is 424. The second-order valence-electron chi connectivity index (χ2n) is 4.13. The zero-order valence-corrected chi connectivity index (χ0v) is 10.4. The first-order chi connectivity index (χ1) is 8.65. The van der Waals surface area contributed by atoms with E-state index in [4.69, 9.17) is 5.11 Å². The molecular weight excluding hydrogens is 258 g/mol. The van der Waals surface area contributed by atoms with Crippen molar-refractivity contribution in [3.05, 3.63) is 0 Å². The number of nitrogens with one attached hydrogen (secondary N) is 1. The van der Waals surface area contributed by atoms with Gasteiger partial charge >= 0.3 is 12.0 Å². The molecule has 0 aliphatic carbocycles. The summed E-state index contributed by atoms with van der Waals surface area (Å²) in [7, 11) is 0. The Labute approximate surface area is 107 Å². The van der Waals surface area contributed by atoms with Crippen molar-refractivity contribution in [2.45, 2.75) is 19.3 Å². The number of carboxylic acids is 1. The molecule has 2 N–H and O–H groups in total. The van der Waals surface area contributed by atoms with E-state index in [1.165, 1.54) is 0 Å². The van der Waals surface area contributed by atoms with Gasteiger partial charge in [0.1, 0.15) is 0 Å². The summed E-state index contributed by atoms with van der Waals surface area (Å²) in [5, 5.41) is 18.6. The molecule has 1 aliphatic rings. The highest BCUT2D eigenvalue weighted by atomic mass is 32.1. The standard InChI is InChI=1S/C9H13N5O3S/c15-7(16)2-1-6-3-4-14(5-6)9(17)10-8-11-12-13-18-8/h6H,1-5H2,(H,15,16)(H,10,11,13,17). The minimum Gasteiger partial charge on any atom is -0.481 e. The van der Waals surface area contributed by atoms with Crippen molar-refractivity contribution in [3.8, 4) is 0 Å². The van der Waals surface area contributed by atoms with Gasteiger partial charge in [0, 0.05) is 31.0 Å². The molecule has 1 fully saturated rings. The molecule has 2 heterocycles. The quantitative estimate of drug-likeness (QED) is 0.832. The molecular formula is C9H13N5O3S. The third-order valence-electron chi connectivity index (χ3n) is 2.85. The fraction of sp³-hybridized carbons (Fsp3) is 0.667. The first-order valence-corrected chi connectivity index (χ1v) is 6.35. The summed E-state index contributed by atoms with van der Waals surface area (Å²) in [6.45, 7) is 1.23. The first kappa shape index (κ1) is 12.7. The Morgan fingerprint density at radius 1 is 1.56 bits per heavy atom. The topological polar surface area (TPSA) is 108 Å². The summed E-state index contributed by atoms with van der Waals surface area (Å²) >= 11 is 1.02. The third-order valence-corrected chi connectivity index (χ3v) is 3.36. The van der Waals surface area contributed by atoms with Crippen LogP contribution in [0.5, 0.6) is 0 Å². The largest absolute Gasteiger partial charge is 0.481 e. The van der Waals surface area contributed by atoms with Crippen molar-refractivity contribution in [3.63, 3.8) is 0 Å². The van der Waals surface area contributed by atoms with Gasteiger partial charge in [-0.1, -0.05) is 9.59 Å². The number of hydrogen-bond donors (Lipinski definition) is 2. The van der Waals surface area contributed by atoms with Gasteiger partial charge < -0.3 is 10.0 Å². The van der Waals surface area contributed by atoms with Crippen molar-refractivity contribution in [2.24, 2.45) is 5.92 Å². The molecule has 1 atom stereocenters. The Morgan fingerprint density at radius 3 is 3.06 bits per heavy atom. The molecule has 0 radical (unpaired) electrons. The van der Waals surface area contributed by atoms with Crippen molar-refractivity contribution >= 4 is 28.7 Å². The number of hydrogen-bond acceptors (Lipinski definition) is 6. The van der Waals surface area contributed by atoms with Crippen LogP contribution in [0.4, 0.5) is 9.93 Å². The molecule has 1 unspecified atom stereocenters. The summed E-state index contributed by atoms with van der Waals surface area (Å²) in [4.78, 5) is 23.9. The maximum absolute atomic E-state index is 11.8. The van der Waals surface area contributed by atoms with Crippen LogP contribution < -0.4 is 5.32 Å². The molecule has 0 saturated carbocycles. The van der Waals surface area contributed by atoms with Crippen LogP contribution in [0.3, 0.4) is 0 Å². The fourth-order valence-corrected chi connectivity index (χ4v) is 2.29. The van der Waals surface area contributed by atoms with E-state index < -0.39 is 5.97 Å². The minimum absolute atomic E-state index is 0.153. The second-order valence-corrected chi connectivity index (χ2v) is 4.86. The molecule has 98 valence electrons. The minimum atomic E-state index is -0.794. The lowest BCUT2D eigenvalue weighted by atomic mass is 10.0. The summed E-state index contributed by atoms with van der Waals surface area (Å²) in [6, 6.07) is -0.230. The Morgan fingerprint density at radius 2 is 2.39 bits per heavy atom. The van der Waals surface area contributed by atoms with Crippen LogP contribution in [0.25, 0.3) is 0 Å². The lowest BCUT2D eigenvalue weighted by molar-refractivity contribution is -0.137. The number of carbonyl (C=O) groups excluding carboxylic acids is 1. The van der Waals surface area contributed by atoms with Crippen molar-refractivity contribution in [1.29, 1.82) is 0 Å². The Kier molecular flexibility index (Phi) is 4.03. The lowest BCUT2D eigenvalue weighted by Gasteiger charge is -2.15. The van der Waals surface area contributed by atoms with Crippen molar-refractivity contribution in [2.75, 3.05) is 18.4 Å². The first-order valence-electron chi connectivity index (χ1n) is 5.58. The average molecular weight is 271 g/mol. The lowest BCUT2D eigenvalue weighted by Crippen LogP contribution is -2.33. The van der Waals surface area contributed by atoms with E-state index in [0.717, 1.165) is 18.0 Å². The molecule has 2 amide bonds. The predicted molar refractivity (Wildman–Crippen MR) is 63.3 cm³/mol. The zero-order valence-electron chi connectivity index (χ0n) is 9.57. The SMILES string of the molecule is O=C(O)CCC1CCN(C(=O)Nc2nnns2)C1. The Balaban J connectivity index is 1.77. The molecule has 0 bridgehead atoms. The second kappa shape index (κ2) is 5.71. The van der Waals surface area contributed by atoms with Gasteiger partial charge in [-0.25, -0.2) is 4.79 Å². The maximum atomic E-state index is 11.8. The number of amides is 2.